The molecule has 0 atom stereocenters. The highest BCUT2D eigenvalue weighted by Gasteiger charge is 2.02. The van der Waals surface area contributed by atoms with Gasteiger partial charge in [-0.05, 0) is 34.1 Å². The first-order valence-corrected chi connectivity index (χ1v) is 9.97. The fourth-order valence-corrected chi connectivity index (χ4v) is 3.53. The molecule has 0 aromatic heterocycles. The van der Waals surface area contributed by atoms with Gasteiger partial charge in [-0.15, -0.1) is 0 Å². The van der Waals surface area contributed by atoms with Crippen molar-refractivity contribution in [2.75, 3.05) is 0 Å². The molecule has 0 spiro atoms. The molecule has 0 saturated heterocycles. The monoisotopic (exact) mass is 346 g/mol. The van der Waals surface area contributed by atoms with Crippen LogP contribution in [0, 0.1) is 0 Å². The van der Waals surface area contributed by atoms with Crippen LogP contribution in [0.25, 0.3) is 0 Å². The van der Waals surface area contributed by atoms with Crippen molar-refractivity contribution < 1.29 is 3.63 Å². The molecule has 2 aromatic rings. The SMILES string of the molecule is CC(C)c1ccc(CSOSCc2ccc(C(C)C)cc2)cc1. The van der Waals surface area contributed by atoms with E-state index in [1.807, 2.05) is 0 Å². The molecule has 2 rings (SSSR count). The largest absolute Gasteiger partial charge is 0.247 e. The van der Waals surface area contributed by atoms with Gasteiger partial charge in [0.2, 0.25) is 0 Å². The molecule has 3 heteroatoms. The summed E-state index contributed by atoms with van der Waals surface area (Å²) in [7, 11) is 0. The number of benzene rings is 2. The van der Waals surface area contributed by atoms with Crippen LogP contribution in [0.4, 0.5) is 0 Å². The molecule has 0 saturated carbocycles. The first kappa shape index (κ1) is 18.4. The molecule has 0 amide bonds. The normalized spacial score (nSPS) is 11.4. The molecule has 23 heavy (non-hydrogen) atoms. The minimum absolute atomic E-state index is 0.589. The number of hydrogen-bond acceptors (Lipinski definition) is 3. The van der Waals surface area contributed by atoms with Crippen molar-refractivity contribution >= 4 is 24.1 Å². The van der Waals surface area contributed by atoms with Crippen LogP contribution in [0.15, 0.2) is 48.5 Å². The fraction of sp³-hybridized carbons (Fsp3) is 0.400. The van der Waals surface area contributed by atoms with E-state index in [0.29, 0.717) is 11.8 Å². The van der Waals surface area contributed by atoms with Crippen LogP contribution in [-0.2, 0) is 15.1 Å². The van der Waals surface area contributed by atoms with Gasteiger partial charge in [-0.25, -0.2) is 3.63 Å². The lowest BCUT2D eigenvalue weighted by Crippen LogP contribution is -1.88. The maximum atomic E-state index is 5.63. The molecule has 0 aliphatic carbocycles. The predicted molar refractivity (Wildman–Crippen MR) is 105 cm³/mol. The van der Waals surface area contributed by atoms with E-state index in [2.05, 4.69) is 76.2 Å². The van der Waals surface area contributed by atoms with Crippen LogP contribution >= 0.6 is 24.1 Å². The van der Waals surface area contributed by atoms with Gasteiger partial charge in [0, 0.05) is 35.6 Å². The predicted octanol–water partition coefficient (Wildman–Crippen LogP) is 6.95. The molecule has 124 valence electrons. The Hall–Kier alpha value is -0.900. The molecule has 0 aliphatic heterocycles. The Morgan fingerprint density at radius 3 is 1.30 bits per heavy atom. The Morgan fingerprint density at radius 1 is 0.652 bits per heavy atom. The average Bonchev–Trinajstić information content (AvgIpc) is 2.55. The quantitative estimate of drug-likeness (QED) is 0.378. The Kier molecular flexibility index (Phi) is 7.54. The summed E-state index contributed by atoms with van der Waals surface area (Å²) < 4.78 is 5.63. The van der Waals surface area contributed by atoms with Crippen molar-refractivity contribution in [1.29, 1.82) is 0 Å². The molecule has 1 nitrogen and oxygen atoms in total. The van der Waals surface area contributed by atoms with Gasteiger partial charge in [-0.3, -0.25) is 0 Å². The van der Waals surface area contributed by atoms with E-state index in [4.69, 9.17) is 3.63 Å². The third kappa shape index (κ3) is 6.25. The van der Waals surface area contributed by atoms with Crippen molar-refractivity contribution in [3.05, 3.63) is 70.8 Å². The summed E-state index contributed by atoms with van der Waals surface area (Å²) in [5.74, 6) is 2.95. The maximum Gasteiger partial charge on any atom is 0.0461 e. The van der Waals surface area contributed by atoms with E-state index in [0.717, 1.165) is 11.5 Å². The standard InChI is InChI=1S/C20H26OS2/c1-15(2)19-9-5-17(6-10-19)13-22-21-23-14-18-7-11-20(12-8-18)16(3)4/h5-12,15-16H,13-14H2,1-4H3. The second-order valence-corrected chi connectivity index (χ2v) is 7.98. The van der Waals surface area contributed by atoms with Gasteiger partial charge in [0.1, 0.15) is 0 Å². The Bertz CT molecular complexity index is 520. The van der Waals surface area contributed by atoms with Gasteiger partial charge in [0.05, 0.1) is 0 Å². The van der Waals surface area contributed by atoms with Crippen LogP contribution < -0.4 is 0 Å². The van der Waals surface area contributed by atoms with Crippen LogP contribution in [0.5, 0.6) is 0 Å². The third-order valence-electron chi connectivity index (χ3n) is 3.84. The fourth-order valence-electron chi connectivity index (χ4n) is 2.22. The van der Waals surface area contributed by atoms with Gasteiger partial charge in [-0.1, -0.05) is 76.2 Å². The summed E-state index contributed by atoms with van der Waals surface area (Å²) in [5.41, 5.74) is 5.39. The summed E-state index contributed by atoms with van der Waals surface area (Å²) in [6.45, 7) is 8.88. The van der Waals surface area contributed by atoms with Gasteiger partial charge in [0.25, 0.3) is 0 Å². The minimum Gasteiger partial charge on any atom is -0.247 e. The van der Waals surface area contributed by atoms with Crippen molar-refractivity contribution in [2.45, 2.75) is 51.0 Å². The van der Waals surface area contributed by atoms with Crippen LogP contribution in [-0.4, -0.2) is 0 Å². The van der Waals surface area contributed by atoms with Crippen LogP contribution in [0.1, 0.15) is 61.8 Å². The molecule has 0 radical (unpaired) electrons. The zero-order valence-corrected chi connectivity index (χ0v) is 16.0. The summed E-state index contributed by atoms with van der Waals surface area (Å²) in [6.07, 6.45) is 0. The second kappa shape index (κ2) is 9.41. The summed E-state index contributed by atoms with van der Waals surface area (Å²) >= 11 is 3.02. The van der Waals surface area contributed by atoms with E-state index in [9.17, 15) is 0 Å². The number of hydrogen-bond donors (Lipinski definition) is 0. The Balaban J connectivity index is 1.67. The van der Waals surface area contributed by atoms with Crippen molar-refractivity contribution in [3.63, 3.8) is 0 Å². The lowest BCUT2D eigenvalue weighted by molar-refractivity contribution is 0.755. The maximum absolute atomic E-state index is 5.63. The van der Waals surface area contributed by atoms with E-state index in [-0.39, 0.29) is 0 Å². The molecule has 2 aromatic carbocycles. The van der Waals surface area contributed by atoms with E-state index >= 15 is 0 Å². The second-order valence-electron chi connectivity index (χ2n) is 6.38. The van der Waals surface area contributed by atoms with Crippen molar-refractivity contribution in [1.82, 2.24) is 0 Å². The molecule has 0 unspecified atom stereocenters. The van der Waals surface area contributed by atoms with Gasteiger partial charge in [0.15, 0.2) is 0 Å². The minimum atomic E-state index is 0.589. The van der Waals surface area contributed by atoms with Crippen LogP contribution in [0.3, 0.4) is 0 Å². The lowest BCUT2D eigenvalue weighted by Gasteiger charge is -2.07. The Labute approximate surface area is 149 Å². The van der Waals surface area contributed by atoms with E-state index < -0.39 is 0 Å². The summed E-state index contributed by atoms with van der Waals surface area (Å²) in [5, 5.41) is 0. The first-order valence-electron chi connectivity index (χ1n) is 8.15. The van der Waals surface area contributed by atoms with Gasteiger partial charge in [-0.2, -0.15) is 0 Å². The molecule has 0 heterocycles. The van der Waals surface area contributed by atoms with Crippen molar-refractivity contribution in [3.8, 4) is 0 Å². The zero-order chi connectivity index (χ0) is 16.7. The van der Waals surface area contributed by atoms with E-state index in [1.165, 1.54) is 46.3 Å². The first-order chi connectivity index (χ1) is 11.1. The van der Waals surface area contributed by atoms with Gasteiger partial charge >= 0.3 is 0 Å². The molecule has 0 aliphatic rings. The van der Waals surface area contributed by atoms with Crippen LogP contribution in [0.2, 0.25) is 0 Å². The topological polar surface area (TPSA) is 9.23 Å². The lowest BCUT2D eigenvalue weighted by atomic mass is 10.0. The smallest absolute Gasteiger partial charge is 0.0461 e. The summed E-state index contributed by atoms with van der Waals surface area (Å²) in [6, 6.07) is 17.6. The highest BCUT2D eigenvalue weighted by molar-refractivity contribution is 8.07. The third-order valence-corrected chi connectivity index (χ3v) is 5.51. The zero-order valence-electron chi connectivity index (χ0n) is 14.4. The Morgan fingerprint density at radius 2 is 1.00 bits per heavy atom. The molecule has 0 fully saturated rings. The highest BCUT2D eigenvalue weighted by atomic mass is 32.2. The van der Waals surface area contributed by atoms with Gasteiger partial charge < -0.3 is 0 Å². The highest BCUT2D eigenvalue weighted by Crippen LogP contribution is 2.25. The molecular weight excluding hydrogens is 320 g/mol. The molecule has 0 bridgehead atoms. The summed E-state index contributed by atoms with van der Waals surface area (Å²) in [4.78, 5) is 0. The number of rotatable bonds is 8. The average molecular weight is 347 g/mol. The molecule has 0 N–H and O–H groups in total. The van der Waals surface area contributed by atoms with E-state index in [1.54, 1.807) is 0 Å². The van der Waals surface area contributed by atoms with Crippen molar-refractivity contribution in [2.24, 2.45) is 0 Å². The molecular formula is C20H26OS2.